The van der Waals surface area contributed by atoms with Crippen LogP contribution < -0.4 is 4.90 Å². The zero-order chi connectivity index (χ0) is 25.8. The van der Waals surface area contributed by atoms with Crippen LogP contribution in [0.5, 0.6) is 0 Å². The van der Waals surface area contributed by atoms with Gasteiger partial charge in [0.15, 0.2) is 0 Å². The molecule has 4 saturated carbocycles. The first-order chi connectivity index (χ1) is 19.2. The third-order valence-electron chi connectivity index (χ3n) is 9.90. The molecule has 39 heavy (non-hydrogen) atoms. The summed E-state index contributed by atoms with van der Waals surface area (Å²) in [6.45, 7) is 0. The van der Waals surface area contributed by atoms with Crippen LogP contribution in [-0.2, 0) is 0 Å². The Bertz CT molecular complexity index is 1580. The lowest BCUT2D eigenvalue weighted by Crippen LogP contribution is -2.58. The fraction of sp³-hybridized carbons (Fsp3) is 0.263. The lowest BCUT2D eigenvalue weighted by Gasteiger charge is -2.61. The molecule has 0 heterocycles. The summed E-state index contributed by atoms with van der Waals surface area (Å²) in [5.41, 5.74) is 8.08. The van der Waals surface area contributed by atoms with Gasteiger partial charge in [-0.2, -0.15) is 0 Å². The van der Waals surface area contributed by atoms with E-state index >= 15 is 0 Å². The first kappa shape index (κ1) is 23.1. The van der Waals surface area contributed by atoms with Crippen LogP contribution in [0.2, 0.25) is 0 Å². The SMILES string of the molecule is c1ccc(-c2cc(-c3ccc(N(c4ccccc4)C45CC6CC(CC(C6)C4)C5)cc3)cc3ccccc23)cc1. The van der Waals surface area contributed by atoms with Gasteiger partial charge in [-0.3, -0.25) is 0 Å². The lowest BCUT2D eigenvalue weighted by molar-refractivity contribution is 0.000557. The van der Waals surface area contributed by atoms with Gasteiger partial charge in [0.25, 0.3) is 0 Å². The minimum Gasteiger partial charge on any atom is -0.335 e. The van der Waals surface area contributed by atoms with Crippen molar-refractivity contribution >= 4 is 22.1 Å². The van der Waals surface area contributed by atoms with Crippen LogP contribution in [0.4, 0.5) is 11.4 Å². The molecule has 4 bridgehead atoms. The van der Waals surface area contributed by atoms with E-state index in [0.717, 1.165) is 17.8 Å². The fourth-order valence-electron chi connectivity index (χ4n) is 8.75. The molecule has 4 aliphatic carbocycles. The first-order valence-electron chi connectivity index (χ1n) is 14.8. The van der Waals surface area contributed by atoms with E-state index in [-0.39, 0.29) is 5.54 Å². The number of anilines is 2. The third kappa shape index (κ3) is 3.98. The van der Waals surface area contributed by atoms with Gasteiger partial charge in [-0.25, -0.2) is 0 Å². The second-order valence-electron chi connectivity index (χ2n) is 12.5. The molecule has 0 aromatic heterocycles. The Morgan fingerprint density at radius 3 is 1.72 bits per heavy atom. The molecule has 4 aliphatic rings. The van der Waals surface area contributed by atoms with Crippen LogP contribution in [0.1, 0.15) is 38.5 Å². The van der Waals surface area contributed by atoms with E-state index in [4.69, 9.17) is 0 Å². The van der Waals surface area contributed by atoms with E-state index in [0.29, 0.717) is 0 Å². The van der Waals surface area contributed by atoms with E-state index in [1.165, 1.54) is 82.9 Å². The molecule has 0 saturated heterocycles. The predicted molar refractivity (Wildman–Crippen MR) is 164 cm³/mol. The van der Waals surface area contributed by atoms with Crippen molar-refractivity contribution in [3.8, 4) is 22.3 Å². The highest BCUT2D eigenvalue weighted by molar-refractivity contribution is 6.00. The summed E-state index contributed by atoms with van der Waals surface area (Å²) < 4.78 is 0. The van der Waals surface area contributed by atoms with E-state index in [2.05, 4.69) is 126 Å². The first-order valence-corrected chi connectivity index (χ1v) is 14.8. The number of fused-ring (bicyclic) bond motifs is 1. The maximum Gasteiger partial charge on any atom is 0.0459 e. The van der Waals surface area contributed by atoms with Crippen LogP contribution >= 0.6 is 0 Å². The molecule has 0 spiro atoms. The molecular formula is C38H35N. The van der Waals surface area contributed by atoms with Crippen molar-refractivity contribution < 1.29 is 0 Å². The highest BCUT2D eigenvalue weighted by Gasteiger charge is 2.54. The number of hydrogen-bond acceptors (Lipinski definition) is 1. The van der Waals surface area contributed by atoms with E-state index in [1.54, 1.807) is 0 Å². The molecule has 9 rings (SSSR count). The normalized spacial score (nSPS) is 25.2. The molecule has 1 nitrogen and oxygen atoms in total. The second-order valence-corrected chi connectivity index (χ2v) is 12.5. The lowest BCUT2D eigenvalue weighted by atomic mass is 9.52. The average Bonchev–Trinajstić information content (AvgIpc) is 2.97. The van der Waals surface area contributed by atoms with Crippen molar-refractivity contribution in [2.75, 3.05) is 4.90 Å². The van der Waals surface area contributed by atoms with Crippen LogP contribution in [0.15, 0.2) is 121 Å². The van der Waals surface area contributed by atoms with Crippen LogP contribution in [0.3, 0.4) is 0 Å². The summed E-state index contributed by atoms with van der Waals surface area (Å²) in [6, 6.07) is 45.0. The Hall–Kier alpha value is -3.84. The number of hydrogen-bond donors (Lipinski definition) is 0. The Balaban J connectivity index is 1.21. The van der Waals surface area contributed by atoms with Crippen molar-refractivity contribution in [2.24, 2.45) is 17.8 Å². The van der Waals surface area contributed by atoms with E-state index < -0.39 is 0 Å². The minimum atomic E-state index is 0.265. The Labute approximate surface area is 232 Å². The van der Waals surface area contributed by atoms with Gasteiger partial charge in [-0.05, 0) is 126 Å². The molecule has 0 radical (unpaired) electrons. The number of para-hydroxylation sites is 1. The molecule has 0 aliphatic heterocycles. The van der Waals surface area contributed by atoms with Gasteiger partial charge < -0.3 is 4.90 Å². The van der Waals surface area contributed by atoms with Gasteiger partial charge in [-0.15, -0.1) is 0 Å². The maximum atomic E-state index is 2.75. The molecule has 1 heteroatoms. The largest absolute Gasteiger partial charge is 0.335 e. The summed E-state index contributed by atoms with van der Waals surface area (Å²) in [5, 5.41) is 2.60. The Morgan fingerprint density at radius 2 is 1.05 bits per heavy atom. The molecule has 0 unspecified atom stereocenters. The van der Waals surface area contributed by atoms with Crippen LogP contribution in [0.25, 0.3) is 33.0 Å². The van der Waals surface area contributed by atoms with Crippen LogP contribution in [-0.4, -0.2) is 5.54 Å². The van der Waals surface area contributed by atoms with Crippen molar-refractivity contribution in [3.05, 3.63) is 121 Å². The Morgan fingerprint density at radius 1 is 0.487 bits per heavy atom. The zero-order valence-electron chi connectivity index (χ0n) is 22.5. The predicted octanol–water partition coefficient (Wildman–Crippen LogP) is 10.3. The number of rotatable bonds is 5. The van der Waals surface area contributed by atoms with Crippen molar-refractivity contribution in [3.63, 3.8) is 0 Å². The van der Waals surface area contributed by atoms with Crippen molar-refractivity contribution in [1.29, 1.82) is 0 Å². The molecule has 0 N–H and O–H groups in total. The van der Waals surface area contributed by atoms with Gasteiger partial charge in [0.1, 0.15) is 0 Å². The van der Waals surface area contributed by atoms with Crippen molar-refractivity contribution in [1.82, 2.24) is 0 Å². The molecule has 5 aromatic rings. The fourth-order valence-corrected chi connectivity index (χ4v) is 8.75. The van der Waals surface area contributed by atoms with Gasteiger partial charge in [0, 0.05) is 16.9 Å². The van der Waals surface area contributed by atoms with Gasteiger partial charge in [-0.1, -0.05) is 84.9 Å². The standard InChI is InChI=1S/C38H35N/c1-3-9-31(10-4-1)37-23-33(22-32-11-7-8-14-36(32)37)30-15-17-35(18-16-30)39(34-12-5-2-6-13-34)38-24-27-19-28(25-38)21-29(20-27)26-38/h1-18,22-23,27-29H,19-21,24-26H2. The smallest absolute Gasteiger partial charge is 0.0459 e. The Kier molecular flexibility index (Phi) is 5.40. The average molecular weight is 506 g/mol. The molecule has 5 aromatic carbocycles. The zero-order valence-corrected chi connectivity index (χ0v) is 22.5. The summed E-state index contributed by atoms with van der Waals surface area (Å²) in [6.07, 6.45) is 8.44. The molecule has 0 atom stereocenters. The van der Waals surface area contributed by atoms with Crippen LogP contribution in [0, 0.1) is 17.8 Å². The summed E-state index contributed by atoms with van der Waals surface area (Å²) in [5.74, 6) is 2.74. The van der Waals surface area contributed by atoms with Gasteiger partial charge in [0.2, 0.25) is 0 Å². The molecular weight excluding hydrogens is 470 g/mol. The topological polar surface area (TPSA) is 3.24 Å². The minimum absolute atomic E-state index is 0.265. The van der Waals surface area contributed by atoms with Gasteiger partial charge in [0.05, 0.1) is 0 Å². The molecule has 0 amide bonds. The van der Waals surface area contributed by atoms with Gasteiger partial charge >= 0.3 is 0 Å². The summed E-state index contributed by atoms with van der Waals surface area (Å²) in [4.78, 5) is 2.75. The second kappa shape index (κ2) is 9.12. The quantitative estimate of drug-likeness (QED) is 0.230. The highest BCUT2D eigenvalue weighted by atomic mass is 15.2. The van der Waals surface area contributed by atoms with Crippen molar-refractivity contribution in [2.45, 2.75) is 44.1 Å². The summed E-state index contributed by atoms with van der Waals surface area (Å²) in [7, 11) is 0. The molecule has 4 fully saturated rings. The summed E-state index contributed by atoms with van der Waals surface area (Å²) >= 11 is 0. The number of nitrogens with zero attached hydrogens (tertiary/aromatic N) is 1. The maximum absolute atomic E-state index is 2.75. The van der Waals surface area contributed by atoms with E-state index in [1.807, 2.05) is 0 Å². The third-order valence-corrected chi connectivity index (χ3v) is 9.90. The number of benzene rings is 5. The highest BCUT2D eigenvalue weighted by Crippen LogP contribution is 2.59. The van der Waals surface area contributed by atoms with E-state index in [9.17, 15) is 0 Å². The monoisotopic (exact) mass is 505 g/mol. The molecule has 192 valence electrons.